The summed E-state index contributed by atoms with van der Waals surface area (Å²) in [5, 5.41) is 0. The maximum absolute atomic E-state index is 11.6. The van der Waals surface area contributed by atoms with Crippen LogP contribution >= 0.6 is 0 Å². The largest absolute Gasteiger partial charge is 0.466 e. The third-order valence-corrected chi connectivity index (χ3v) is 5.45. The van der Waals surface area contributed by atoms with Gasteiger partial charge < -0.3 is 4.74 Å². The summed E-state index contributed by atoms with van der Waals surface area (Å²) in [6.07, 6.45) is 24.7. The Kier molecular flexibility index (Phi) is 15.2. The molecule has 0 aliphatic heterocycles. The standard InChI is InChI=1S/C23H44O2/c1-2-3-4-5-6-7-8-9-10-11-12-13-14-15-18-23(24)25-21-16-17-22-19-20-22/h22H,2-21H2,1H3. The molecular weight excluding hydrogens is 308 g/mol. The quantitative estimate of drug-likeness (QED) is 0.177. The normalized spacial score (nSPS) is 14.0. The second kappa shape index (κ2) is 16.9. The molecule has 0 aromatic carbocycles. The molecule has 2 heteroatoms. The molecule has 0 aromatic heterocycles. The Morgan fingerprint density at radius 2 is 1.20 bits per heavy atom. The number of carbonyl (C=O) groups excluding carboxylic acids is 1. The van der Waals surface area contributed by atoms with E-state index in [-0.39, 0.29) is 5.97 Å². The minimum atomic E-state index is 0.0229. The molecule has 1 saturated carbocycles. The van der Waals surface area contributed by atoms with Crippen molar-refractivity contribution in [2.45, 2.75) is 129 Å². The van der Waals surface area contributed by atoms with Crippen molar-refractivity contribution in [2.24, 2.45) is 5.92 Å². The van der Waals surface area contributed by atoms with E-state index in [0.29, 0.717) is 13.0 Å². The Morgan fingerprint density at radius 1 is 0.720 bits per heavy atom. The average Bonchev–Trinajstić information content (AvgIpc) is 3.43. The number of ether oxygens (including phenoxy) is 1. The molecule has 0 heterocycles. The van der Waals surface area contributed by atoms with Crippen LogP contribution in [0.5, 0.6) is 0 Å². The van der Waals surface area contributed by atoms with Crippen LogP contribution in [0.15, 0.2) is 0 Å². The van der Waals surface area contributed by atoms with Crippen molar-refractivity contribution in [1.29, 1.82) is 0 Å². The summed E-state index contributed by atoms with van der Waals surface area (Å²) in [7, 11) is 0. The third-order valence-electron chi connectivity index (χ3n) is 5.45. The number of carbonyl (C=O) groups is 1. The lowest BCUT2D eigenvalue weighted by Crippen LogP contribution is -2.05. The number of esters is 1. The Balaban J connectivity index is 1.67. The van der Waals surface area contributed by atoms with Crippen molar-refractivity contribution in [1.82, 2.24) is 0 Å². The fraction of sp³-hybridized carbons (Fsp3) is 0.957. The van der Waals surface area contributed by atoms with Gasteiger partial charge in [0.05, 0.1) is 6.61 Å². The van der Waals surface area contributed by atoms with Gasteiger partial charge in [-0.1, -0.05) is 103 Å². The summed E-state index contributed by atoms with van der Waals surface area (Å²) in [6.45, 7) is 2.93. The first-order valence-electron chi connectivity index (χ1n) is 11.5. The molecule has 1 fully saturated rings. The first kappa shape index (κ1) is 22.5. The molecule has 0 spiro atoms. The molecule has 1 aliphatic carbocycles. The molecule has 0 amide bonds. The highest BCUT2D eigenvalue weighted by Gasteiger charge is 2.20. The molecule has 0 radical (unpaired) electrons. The topological polar surface area (TPSA) is 26.3 Å². The van der Waals surface area contributed by atoms with Crippen LogP contribution in [0.4, 0.5) is 0 Å². The van der Waals surface area contributed by atoms with Crippen molar-refractivity contribution in [3.63, 3.8) is 0 Å². The van der Waals surface area contributed by atoms with Gasteiger partial charge in [0.2, 0.25) is 0 Å². The lowest BCUT2D eigenvalue weighted by atomic mass is 10.0. The first-order valence-corrected chi connectivity index (χ1v) is 11.5. The summed E-state index contributed by atoms with van der Waals surface area (Å²) in [4.78, 5) is 11.6. The zero-order valence-electron chi connectivity index (χ0n) is 17.0. The number of rotatable bonds is 19. The molecule has 0 aromatic rings. The van der Waals surface area contributed by atoms with Crippen LogP contribution in [-0.2, 0) is 9.53 Å². The molecule has 0 saturated heterocycles. The highest BCUT2D eigenvalue weighted by Crippen LogP contribution is 2.33. The van der Waals surface area contributed by atoms with E-state index < -0.39 is 0 Å². The molecule has 148 valence electrons. The zero-order valence-corrected chi connectivity index (χ0v) is 17.0. The van der Waals surface area contributed by atoms with E-state index >= 15 is 0 Å². The van der Waals surface area contributed by atoms with E-state index in [1.54, 1.807) is 0 Å². The predicted molar refractivity (Wildman–Crippen MR) is 108 cm³/mol. The van der Waals surface area contributed by atoms with Gasteiger partial charge in [-0.3, -0.25) is 4.79 Å². The van der Waals surface area contributed by atoms with Crippen LogP contribution in [0, 0.1) is 5.92 Å². The Hall–Kier alpha value is -0.530. The van der Waals surface area contributed by atoms with E-state index in [2.05, 4.69) is 6.92 Å². The summed E-state index contributed by atoms with van der Waals surface area (Å²) in [6, 6.07) is 0. The first-order chi connectivity index (χ1) is 12.3. The van der Waals surface area contributed by atoms with Gasteiger partial charge in [0.15, 0.2) is 0 Å². The molecule has 0 atom stereocenters. The zero-order chi connectivity index (χ0) is 18.0. The van der Waals surface area contributed by atoms with Gasteiger partial charge in [-0.15, -0.1) is 0 Å². The van der Waals surface area contributed by atoms with Crippen LogP contribution in [0.2, 0.25) is 0 Å². The van der Waals surface area contributed by atoms with Gasteiger partial charge in [-0.05, 0) is 25.2 Å². The highest BCUT2D eigenvalue weighted by molar-refractivity contribution is 5.69. The maximum Gasteiger partial charge on any atom is 0.305 e. The second-order valence-electron chi connectivity index (χ2n) is 8.15. The molecule has 25 heavy (non-hydrogen) atoms. The van der Waals surface area contributed by atoms with Gasteiger partial charge in [0, 0.05) is 6.42 Å². The van der Waals surface area contributed by atoms with Crippen LogP contribution in [0.1, 0.15) is 129 Å². The molecule has 1 rings (SSSR count). The molecule has 0 unspecified atom stereocenters. The monoisotopic (exact) mass is 352 g/mol. The fourth-order valence-corrected chi connectivity index (χ4v) is 3.50. The van der Waals surface area contributed by atoms with E-state index in [4.69, 9.17) is 4.74 Å². The summed E-state index contributed by atoms with van der Waals surface area (Å²) in [5.41, 5.74) is 0. The van der Waals surface area contributed by atoms with Gasteiger partial charge >= 0.3 is 5.97 Å². The lowest BCUT2D eigenvalue weighted by Gasteiger charge is -2.05. The smallest absolute Gasteiger partial charge is 0.305 e. The van der Waals surface area contributed by atoms with Crippen molar-refractivity contribution in [3.8, 4) is 0 Å². The van der Waals surface area contributed by atoms with Crippen molar-refractivity contribution < 1.29 is 9.53 Å². The number of hydrogen-bond acceptors (Lipinski definition) is 2. The number of hydrogen-bond donors (Lipinski definition) is 0. The van der Waals surface area contributed by atoms with Crippen LogP contribution in [-0.4, -0.2) is 12.6 Å². The minimum Gasteiger partial charge on any atom is -0.466 e. The molecule has 0 N–H and O–H groups in total. The third kappa shape index (κ3) is 16.7. The van der Waals surface area contributed by atoms with Crippen LogP contribution in [0.25, 0.3) is 0 Å². The summed E-state index contributed by atoms with van der Waals surface area (Å²) < 4.78 is 5.29. The Bertz CT molecular complexity index is 296. The van der Waals surface area contributed by atoms with E-state index in [1.165, 1.54) is 103 Å². The summed E-state index contributed by atoms with van der Waals surface area (Å²) >= 11 is 0. The lowest BCUT2D eigenvalue weighted by molar-refractivity contribution is -0.143. The average molecular weight is 353 g/mol. The Morgan fingerprint density at radius 3 is 1.68 bits per heavy atom. The number of unbranched alkanes of at least 4 members (excludes halogenated alkanes) is 13. The van der Waals surface area contributed by atoms with Gasteiger partial charge in [0.25, 0.3) is 0 Å². The Labute approximate surface area is 157 Å². The van der Waals surface area contributed by atoms with Crippen molar-refractivity contribution >= 4 is 5.97 Å². The van der Waals surface area contributed by atoms with E-state index in [0.717, 1.165) is 18.8 Å². The van der Waals surface area contributed by atoms with Crippen molar-refractivity contribution in [2.75, 3.05) is 6.61 Å². The summed E-state index contributed by atoms with van der Waals surface area (Å²) in [5.74, 6) is 0.972. The molecule has 0 bridgehead atoms. The van der Waals surface area contributed by atoms with E-state index in [9.17, 15) is 4.79 Å². The maximum atomic E-state index is 11.6. The molecular formula is C23H44O2. The van der Waals surface area contributed by atoms with E-state index in [1.807, 2.05) is 0 Å². The molecule has 2 nitrogen and oxygen atoms in total. The van der Waals surface area contributed by atoms with Crippen LogP contribution in [0.3, 0.4) is 0 Å². The van der Waals surface area contributed by atoms with Crippen molar-refractivity contribution in [3.05, 3.63) is 0 Å². The highest BCUT2D eigenvalue weighted by atomic mass is 16.5. The van der Waals surface area contributed by atoms with Gasteiger partial charge in [-0.2, -0.15) is 0 Å². The van der Waals surface area contributed by atoms with Gasteiger partial charge in [-0.25, -0.2) is 0 Å². The minimum absolute atomic E-state index is 0.0229. The van der Waals surface area contributed by atoms with Gasteiger partial charge in [0.1, 0.15) is 0 Å². The fourth-order valence-electron chi connectivity index (χ4n) is 3.50. The van der Waals surface area contributed by atoms with Crippen LogP contribution < -0.4 is 0 Å². The SMILES string of the molecule is CCCCCCCCCCCCCCCCC(=O)OCCCC1CC1. The second-order valence-corrected chi connectivity index (χ2v) is 8.15. The molecule has 1 aliphatic rings. The predicted octanol–water partition coefficient (Wildman–Crippen LogP) is 7.59.